The number of hydrogen-bond acceptors (Lipinski definition) is 4. The number of para-hydroxylation sites is 2. The number of benzene rings is 3. The third-order valence-electron chi connectivity index (χ3n) is 4.62. The lowest BCUT2D eigenvalue weighted by Gasteiger charge is -2.19. The molecule has 0 atom stereocenters. The number of rotatable bonds is 9. The van der Waals surface area contributed by atoms with Crippen molar-refractivity contribution in [1.82, 2.24) is 5.32 Å². The summed E-state index contributed by atoms with van der Waals surface area (Å²) in [5.74, 6) is -0.316. The van der Waals surface area contributed by atoms with Gasteiger partial charge in [-0.05, 0) is 42.8 Å². The summed E-state index contributed by atoms with van der Waals surface area (Å²) in [5.41, 5.74) is 1.65. The molecule has 0 aliphatic heterocycles. The summed E-state index contributed by atoms with van der Waals surface area (Å²) < 4.78 is 27.7. The van der Waals surface area contributed by atoms with Crippen LogP contribution in [0, 0.1) is 0 Å². The van der Waals surface area contributed by atoms with Gasteiger partial charge in [0.05, 0.1) is 16.1 Å². The minimum Gasteiger partial charge on any atom is -0.375 e. The molecule has 3 aromatic carbocycles. The summed E-state index contributed by atoms with van der Waals surface area (Å²) in [6, 6.07) is 24.7. The van der Waals surface area contributed by atoms with Gasteiger partial charge in [0, 0.05) is 25.8 Å². The number of anilines is 2. The Hall–Kier alpha value is -3.32. The number of carbonyl (C=O) groups excluding carboxylic acids is 1. The van der Waals surface area contributed by atoms with E-state index in [2.05, 4.69) is 14.9 Å². The van der Waals surface area contributed by atoms with Crippen molar-refractivity contribution in [2.45, 2.75) is 11.3 Å². The third kappa shape index (κ3) is 5.61. The minimum atomic E-state index is -3.77. The van der Waals surface area contributed by atoms with Crippen LogP contribution in [0.4, 0.5) is 11.4 Å². The van der Waals surface area contributed by atoms with Crippen LogP contribution in [0.2, 0.25) is 0 Å². The predicted molar refractivity (Wildman–Crippen MR) is 120 cm³/mol. The number of nitrogens with zero attached hydrogens (tertiary/aromatic N) is 1. The minimum absolute atomic E-state index is 0.143. The van der Waals surface area contributed by atoms with Crippen molar-refractivity contribution < 1.29 is 13.2 Å². The maximum Gasteiger partial charge on any atom is 0.261 e. The second kappa shape index (κ2) is 9.93. The van der Waals surface area contributed by atoms with Crippen LogP contribution in [0.1, 0.15) is 16.8 Å². The first kappa shape index (κ1) is 21.4. The molecule has 3 aromatic rings. The van der Waals surface area contributed by atoms with Crippen LogP contribution in [0.15, 0.2) is 89.8 Å². The highest BCUT2D eigenvalue weighted by molar-refractivity contribution is 7.92. The van der Waals surface area contributed by atoms with Crippen molar-refractivity contribution in [2.24, 2.45) is 0 Å². The first-order valence-corrected chi connectivity index (χ1v) is 11.2. The van der Waals surface area contributed by atoms with Crippen molar-refractivity contribution in [1.29, 1.82) is 0 Å². The summed E-state index contributed by atoms with van der Waals surface area (Å²) in [5, 5.41) is 2.87. The number of sulfonamides is 1. The molecule has 30 heavy (non-hydrogen) atoms. The van der Waals surface area contributed by atoms with Crippen LogP contribution in [-0.4, -0.2) is 34.5 Å². The van der Waals surface area contributed by atoms with Gasteiger partial charge in [0.2, 0.25) is 0 Å². The maximum atomic E-state index is 12.6. The molecule has 3 rings (SSSR count). The van der Waals surface area contributed by atoms with E-state index in [1.54, 1.807) is 42.5 Å². The molecule has 156 valence electrons. The molecule has 0 saturated heterocycles. The molecule has 0 radical (unpaired) electrons. The van der Waals surface area contributed by atoms with E-state index in [1.165, 1.54) is 12.1 Å². The standard InChI is InChI=1S/C23H25N3O3S/c1-26(19-11-4-2-5-12-19)18-10-17-24-23(27)21-15-8-9-16-22(21)25-30(28,29)20-13-6-3-7-14-20/h2-9,11-16,25H,10,17-18H2,1H3,(H,24,27). The second-order valence-corrected chi connectivity index (χ2v) is 8.51. The molecule has 0 unspecified atom stereocenters. The van der Waals surface area contributed by atoms with Gasteiger partial charge < -0.3 is 10.2 Å². The lowest BCUT2D eigenvalue weighted by molar-refractivity contribution is 0.0954. The van der Waals surface area contributed by atoms with E-state index in [4.69, 9.17) is 0 Å². The number of nitrogens with one attached hydrogen (secondary N) is 2. The zero-order valence-corrected chi connectivity index (χ0v) is 17.6. The first-order valence-electron chi connectivity index (χ1n) is 9.69. The Labute approximate surface area is 177 Å². The van der Waals surface area contributed by atoms with Gasteiger partial charge in [-0.25, -0.2) is 8.42 Å². The smallest absolute Gasteiger partial charge is 0.261 e. The Balaban J connectivity index is 1.59. The summed E-state index contributed by atoms with van der Waals surface area (Å²) in [4.78, 5) is 14.9. The van der Waals surface area contributed by atoms with Crippen LogP contribution < -0.4 is 14.9 Å². The van der Waals surface area contributed by atoms with Gasteiger partial charge in [-0.15, -0.1) is 0 Å². The van der Waals surface area contributed by atoms with Crippen LogP contribution in [0.5, 0.6) is 0 Å². The summed E-state index contributed by atoms with van der Waals surface area (Å²) in [6.07, 6.45) is 0.759. The third-order valence-corrected chi connectivity index (χ3v) is 6.00. The fourth-order valence-corrected chi connectivity index (χ4v) is 4.10. The van der Waals surface area contributed by atoms with Crippen LogP contribution in [0.3, 0.4) is 0 Å². The number of hydrogen-bond donors (Lipinski definition) is 2. The highest BCUT2D eigenvalue weighted by Gasteiger charge is 2.18. The van der Waals surface area contributed by atoms with Crippen molar-refractivity contribution in [3.8, 4) is 0 Å². The summed E-state index contributed by atoms with van der Waals surface area (Å²) >= 11 is 0. The fourth-order valence-electron chi connectivity index (χ4n) is 3.00. The van der Waals surface area contributed by atoms with Gasteiger partial charge in [0.1, 0.15) is 0 Å². The van der Waals surface area contributed by atoms with Crippen molar-refractivity contribution >= 4 is 27.3 Å². The molecule has 2 N–H and O–H groups in total. The van der Waals surface area contributed by atoms with E-state index >= 15 is 0 Å². The molecule has 0 fully saturated rings. The molecule has 0 spiro atoms. The van der Waals surface area contributed by atoms with E-state index < -0.39 is 10.0 Å². The Kier molecular flexibility index (Phi) is 7.08. The average Bonchev–Trinajstić information content (AvgIpc) is 2.77. The first-order chi connectivity index (χ1) is 14.5. The molecule has 7 heteroatoms. The lowest BCUT2D eigenvalue weighted by Crippen LogP contribution is -2.29. The Morgan fingerprint density at radius 2 is 1.47 bits per heavy atom. The lowest BCUT2D eigenvalue weighted by atomic mass is 10.1. The van der Waals surface area contributed by atoms with Gasteiger partial charge in [-0.2, -0.15) is 0 Å². The molecule has 0 heterocycles. The summed E-state index contributed by atoms with van der Waals surface area (Å²) in [6.45, 7) is 1.27. The van der Waals surface area contributed by atoms with E-state index in [0.717, 1.165) is 18.7 Å². The van der Waals surface area contributed by atoms with Crippen molar-refractivity contribution in [3.63, 3.8) is 0 Å². The maximum absolute atomic E-state index is 12.6. The Morgan fingerprint density at radius 3 is 2.17 bits per heavy atom. The van der Waals surface area contributed by atoms with E-state index in [9.17, 15) is 13.2 Å². The van der Waals surface area contributed by atoms with Crippen LogP contribution in [0.25, 0.3) is 0 Å². The van der Waals surface area contributed by atoms with Gasteiger partial charge >= 0.3 is 0 Å². The van der Waals surface area contributed by atoms with E-state index in [0.29, 0.717) is 6.54 Å². The van der Waals surface area contributed by atoms with Gasteiger partial charge in [-0.3, -0.25) is 9.52 Å². The Morgan fingerprint density at radius 1 is 0.867 bits per heavy atom. The highest BCUT2D eigenvalue weighted by Crippen LogP contribution is 2.20. The van der Waals surface area contributed by atoms with Crippen LogP contribution in [-0.2, 0) is 10.0 Å². The van der Waals surface area contributed by atoms with Gasteiger partial charge in [-0.1, -0.05) is 48.5 Å². The predicted octanol–water partition coefficient (Wildman–Crippen LogP) is 3.74. The normalized spacial score (nSPS) is 11.0. The van der Waals surface area contributed by atoms with Crippen LogP contribution >= 0.6 is 0 Å². The molecule has 1 amide bonds. The van der Waals surface area contributed by atoms with E-state index in [-0.39, 0.29) is 22.1 Å². The van der Waals surface area contributed by atoms with Gasteiger partial charge in [0.15, 0.2) is 0 Å². The number of amides is 1. The highest BCUT2D eigenvalue weighted by atomic mass is 32.2. The largest absolute Gasteiger partial charge is 0.375 e. The monoisotopic (exact) mass is 423 g/mol. The van der Waals surface area contributed by atoms with Crippen molar-refractivity contribution in [3.05, 3.63) is 90.5 Å². The molecule has 0 saturated carbocycles. The topological polar surface area (TPSA) is 78.5 Å². The quantitative estimate of drug-likeness (QED) is 0.514. The average molecular weight is 424 g/mol. The molecular formula is C23H25N3O3S. The Bertz CT molecular complexity index is 1070. The summed E-state index contributed by atoms with van der Waals surface area (Å²) in [7, 11) is -1.77. The van der Waals surface area contributed by atoms with E-state index in [1.807, 2.05) is 37.4 Å². The molecule has 0 aliphatic rings. The fraction of sp³-hybridized carbons (Fsp3) is 0.174. The van der Waals surface area contributed by atoms with Gasteiger partial charge in [0.25, 0.3) is 15.9 Å². The molecule has 0 aromatic heterocycles. The zero-order chi connectivity index (χ0) is 21.4. The molecule has 6 nitrogen and oxygen atoms in total. The second-order valence-electron chi connectivity index (χ2n) is 6.83. The SMILES string of the molecule is CN(CCCNC(=O)c1ccccc1NS(=O)(=O)c1ccccc1)c1ccccc1. The molecule has 0 aliphatic carbocycles. The number of carbonyl (C=O) groups is 1. The molecule has 0 bridgehead atoms. The molecular weight excluding hydrogens is 398 g/mol. The van der Waals surface area contributed by atoms with Crippen molar-refractivity contribution in [2.75, 3.05) is 29.8 Å². The zero-order valence-electron chi connectivity index (χ0n) is 16.8.